The monoisotopic (exact) mass is 296 g/mol. The van der Waals surface area contributed by atoms with Gasteiger partial charge in [-0.2, -0.15) is 4.98 Å². The third-order valence-corrected chi connectivity index (χ3v) is 4.40. The lowest BCUT2D eigenvalue weighted by Gasteiger charge is -2.10. The van der Waals surface area contributed by atoms with Crippen molar-refractivity contribution in [2.75, 3.05) is 12.3 Å². The highest BCUT2D eigenvalue weighted by molar-refractivity contribution is 7.89. The van der Waals surface area contributed by atoms with Gasteiger partial charge in [-0.25, -0.2) is 13.1 Å². The molecule has 1 aromatic carbocycles. The smallest absolute Gasteiger partial charge is 0.242 e. The molecule has 0 saturated heterocycles. The number of hydrogen-bond donors (Lipinski definition) is 2. The van der Waals surface area contributed by atoms with E-state index in [1.54, 1.807) is 32.0 Å². The van der Waals surface area contributed by atoms with Crippen molar-refractivity contribution in [1.29, 1.82) is 0 Å². The van der Waals surface area contributed by atoms with E-state index < -0.39 is 10.0 Å². The van der Waals surface area contributed by atoms with Gasteiger partial charge in [0.25, 0.3) is 0 Å². The molecule has 0 radical (unpaired) electrons. The molecule has 2 aromatic rings. The zero-order valence-electron chi connectivity index (χ0n) is 11.3. The van der Waals surface area contributed by atoms with Crippen LogP contribution in [0.25, 0.3) is 0 Å². The van der Waals surface area contributed by atoms with Crippen LogP contribution in [0.1, 0.15) is 17.3 Å². The van der Waals surface area contributed by atoms with Gasteiger partial charge in [-0.1, -0.05) is 17.3 Å². The molecule has 0 aliphatic carbocycles. The summed E-state index contributed by atoms with van der Waals surface area (Å²) in [6, 6.07) is 4.98. The summed E-state index contributed by atoms with van der Waals surface area (Å²) in [7, 11) is -3.65. The minimum absolute atomic E-state index is 0.115. The first-order chi connectivity index (χ1) is 9.40. The lowest BCUT2D eigenvalue weighted by Crippen LogP contribution is -2.27. The molecule has 108 valence electrons. The average Bonchev–Trinajstić information content (AvgIpc) is 2.74. The van der Waals surface area contributed by atoms with E-state index in [9.17, 15) is 8.42 Å². The molecule has 1 heterocycles. The van der Waals surface area contributed by atoms with Crippen LogP contribution in [-0.2, 0) is 16.4 Å². The summed E-state index contributed by atoms with van der Waals surface area (Å²) < 4.78 is 31.7. The number of nitrogens with zero attached hydrogens (tertiary/aromatic N) is 2. The topological polar surface area (TPSA) is 111 Å². The van der Waals surface area contributed by atoms with Gasteiger partial charge in [0.2, 0.25) is 15.9 Å². The Hall–Kier alpha value is -1.93. The normalized spacial score (nSPS) is 11.7. The first-order valence-corrected chi connectivity index (χ1v) is 7.52. The van der Waals surface area contributed by atoms with Crippen LogP contribution in [0.4, 0.5) is 5.69 Å². The van der Waals surface area contributed by atoms with E-state index in [0.29, 0.717) is 23.7 Å². The maximum Gasteiger partial charge on any atom is 0.242 e. The average molecular weight is 296 g/mol. The van der Waals surface area contributed by atoms with Gasteiger partial charge < -0.3 is 10.3 Å². The molecule has 3 N–H and O–H groups in total. The quantitative estimate of drug-likeness (QED) is 0.789. The fourth-order valence-corrected chi connectivity index (χ4v) is 3.24. The molecular formula is C12H16N4O3S. The van der Waals surface area contributed by atoms with Gasteiger partial charge in [0.05, 0.1) is 5.69 Å². The van der Waals surface area contributed by atoms with E-state index in [4.69, 9.17) is 10.3 Å². The fraction of sp³-hybridized carbons (Fsp3) is 0.333. The van der Waals surface area contributed by atoms with E-state index in [2.05, 4.69) is 14.9 Å². The highest BCUT2D eigenvalue weighted by atomic mass is 32.2. The second kappa shape index (κ2) is 5.59. The highest BCUT2D eigenvalue weighted by Crippen LogP contribution is 2.21. The summed E-state index contributed by atoms with van der Waals surface area (Å²) in [5.41, 5.74) is 6.57. The number of anilines is 1. The number of hydrogen-bond acceptors (Lipinski definition) is 6. The van der Waals surface area contributed by atoms with Crippen molar-refractivity contribution >= 4 is 15.7 Å². The van der Waals surface area contributed by atoms with Crippen molar-refractivity contribution in [2.45, 2.75) is 25.2 Å². The van der Waals surface area contributed by atoms with E-state index >= 15 is 0 Å². The predicted octanol–water partition coefficient (Wildman–Crippen LogP) is 0.790. The van der Waals surface area contributed by atoms with E-state index in [0.717, 1.165) is 0 Å². The van der Waals surface area contributed by atoms with Crippen LogP contribution < -0.4 is 10.5 Å². The largest absolute Gasteiger partial charge is 0.398 e. The van der Waals surface area contributed by atoms with E-state index in [1.807, 2.05) is 0 Å². The number of benzene rings is 1. The molecule has 0 fully saturated rings. The number of nitrogens with two attached hydrogens (primary N) is 1. The number of rotatable bonds is 5. The zero-order valence-corrected chi connectivity index (χ0v) is 12.1. The lowest BCUT2D eigenvalue weighted by molar-refractivity contribution is 0.387. The molecule has 0 aliphatic rings. The van der Waals surface area contributed by atoms with Crippen LogP contribution in [0.3, 0.4) is 0 Å². The number of aryl methyl sites for hydroxylation is 2. The third-order valence-electron chi connectivity index (χ3n) is 2.72. The summed E-state index contributed by atoms with van der Waals surface area (Å²) in [6.45, 7) is 3.55. The van der Waals surface area contributed by atoms with Gasteiger partial charge in [-0.3, -0.25) is 0 Å². The standard InChI is InChI=1S/C12H16N4O3S/c1-8-4-3-5-10(13)12(8)20(17,18)14-7-6-11-15-9(2)19-16-11/h3-5,14H,6-7,13H2,1-2H3. The highest BCUT2D eigenvalue weighted by Gasteiger charge is 2.19. The summed E-state index contributed by atoms with van der Waals surface area (Å²) >= 11 is 0. The molecule has 7 nitrogen and oxygen atoms in total. The molecule has 20 heavy (non-hydrogen) atoms. The minimum atomic E-state index is -3.65. The second-order valence-electron chi connectivity index (χ2n) is 4.37. The molecule has 0 unspecified atom stereocenters. The number of nitrogens with one attached hydrogen (secondary N) is 1. The molecular weight excluding hydrogens is 280 g/mol. The first-order valence-electron chi connectivity index (χ1n) is 6.04. The molecule has 0 atom stereocenters. The molecule has 0 spiro atoms. The summed E-state index contributed by atoms with van der Waals surface area (Å²) in [4.78, 5) is 4.12. The Bertz CT molecular complexity index is 689. The Balaban J connectivity index is 2.08. The molecule has 8 heteroatoms. The van der Waals surface area contributed by atoms with Crippen LogP contribution in [0.2, 0.25) is 0 Å². The Kier molecular flexibility index (Phi) is 4.05. The van der Waals surface area contributed by atoms with Crippen molar-refractivity contribution in [3.8, 4) is 0 Å². The van der Waals surface area contributed by atoms with Crippen molar-refractivity contribution in [3.05, 3.63) is 35.5 Å². The van der Waals surface area contributed by atoms with E-state index in [1.165, 1.54) is 0 Å². The molecule has 0 aliphatic heterocycles. The van der Waals surface area contributed by atoms with Gasteiger partial charge in [-0.05, 0) is 18.6 Å². The Morgan fingerprint density at radius 1 is 1.35 bits per heavy atom. The molecule has 2 rings (SSSR count). The molecule has 1 aromatic heterocycles. The Labute approximate surface area is 117 Å². The van der Waals surface area contributed by atoms with Gasteiger partial charge in [0.15, 0.2) is 5.82 Å². The van der Waals surface area contributed by atoms with Gasteiger partial charge in [-0.15, -0.1) is 0 Å². The SMILES string of the molecule is Cc1nc(CCNS(=O)(=O)c2c(C)cccc2N)no1. The zero-order chi connectivity index (χ0) is 14.8. The lowest BCUT2D eigenvalue weighted by atomic mass is 10.2. The van der Waals surface area contributed by atoms with Crippen LogP contribution >= 0.6 is 0 Å². The second-order valence-corrected chi connectivity index (χ2v) is 6.07. The van der Waals surface area contributed by atoms with Gasteiger partial charge in [0, 0.05) is 19.9 Å². The van der Waals surface area contributed by atoms with Crippen molar-refractivity contribution in [3.63, 3.8) is 0 Å². The maximum atomic E-state index is 12.2. The van der Waals surface area contributed by atoms with Gasteiger partial charge >= 0.3 is 0 Å². The van der Waals surface area contributed by atoms with Gasteiger partial charge in [0.1, 0.15) is 4.90 Å². The van der Waals surface area contributed by atoms with Crippen molar-refractivity contribution < 1.29 is 12.9 Å². The molecule has 0 saturated carbocycles. The number of aromatic nitrogens is 2. The summed E-state index contributed by atoms with van der Waals surface area (Å²) in [5.74, 6) is 0.911. The van der Waals surface area contributed by atoms with Crippen LogP contribution in [0, 0.1) is 13.8 Å². The minimum Gasteiger partial charge on any atom is -0.398 e. The number of sulfonamides is 1. The Morgan fingerprint density at radius 2 is 2.10 bits per heavy atom. The third kappa shape index (κ3) is 3.14. The first kappa shape index (κ1) is 14.5. The maximum absolute atomic E-state index is 12.2. The van der Waals surface area contributed by atoms with Crippen LogP contribution in [0.15, 0.2) is 27.6 Å². The fourth-order valence-electron chi connectivity index (χ4n) is 1.85. The summed E-state index contributed by atoms with van der Waals surface area (Å²) in [6.07, 6.45) is 0.350. The summed E-state index contributed by atoms with van der Waals surface area (Å²) in [5, 5.41) is 3.70. The van der Waals surface area contributed by atoms with Crippen molar-refractivity contribution in [2.24, 2.45) is 0 Å². The van der Waals surface area contributed by atoms with Crippen molar-refractivity contribution in [1.82, 2.24) is 14.9 Å². The van der Waals surface area contributed by atoms with Crippen LogP contribution in [0.5, 0.6) is 0 Å². The number of nitrogen functional groups attached to an aromatic ring is 1. The predicted molar refractivity (Wildman–Crippen MR) is 73.5 cm³/mol. The Morgan fingerprint density at radius 3 is 2.70 bits per heavy atom. The van der Waals surface area contributed by atoms with Crippen LogP contribution in [-0.4, -0.2) is 25.1 Å². The molecule has 0 amide bonds. The molecule has 0 bridgehead atoms. The van der Waals surface area contributed by atoms with E-state index in [-0.39, 0.29) is 17.1 Å².